The van der Waals surface area contributed by atoms with E-state index in [0.29, 0.717) is 0 Å². The van der Waals surface area contributed by atoms with Gasteiger partial charge in [0.1, 0.15) is 0 Å². The van der Waals surface area contributed by atoms with Crippen molar-refractivity contribution in [3.63, 3.8) is 0 Å². The van der Waals surface area contributed by atoms with Crippen molar-refractivity contribution in [2.45, 2.75) is 27.2 Å². The molecule has 0 N–H and O–H groups in total. The van der Waals surface area contributed by atoms with Crippen LogP contribution in [0.5, 0.6) is 0 Å². The Labute approximate surface area is 93.4 Å². The Morgan fingerprint density at radius 3 is 2.27 bits per heavy atom. The Morgan fingerprint density at radius 1 is 1.13 bits per heavy atom. The molecule has 0 aliphatic rings. The highest BCUT2D eigenvalue weighted by Crippen LogP contribution is 2.27. The molecule has 0 bridgehead atoms. The lowest BCUT2D eigenvalue weighted by Gasteiger charge is -2.24. The number of hydrogen-bond donors (Lipinski definition) is 0. The van der Waals surface area contributed by atoms with Crippen molar-refractivity contribution in [1.29, 1.82) is 0 Å². The second-order valence-electron chi connectivity index (χ2n) is 3.57. The SMILES string of the molecule is [CH]=C(CC)c1ccccc1N(CC)CC. The van der Waals surface area contributed by atoms with Crippen LogP contribution in [-0.4, -0.2) is 13.1 Å². The van der Waals surface area contributed by atoms with E-state index in [9.17, 15) is 0 Å². The van der Waals surface area contributed by atoms with Crippen LogP contribution >= 0.6 is 0 Å². The second kappa shape index (κ2) is 5.59. The summed E-state index contributed by atoms with van der Waals surface area (Å²) in [6, 6.07) is 8.36. The monoisotopic (exact) mass is 202 g/mol. The van der Waals surface area contributed by atoms with E-state index in [1.807, 2.05) is 6.07 Å². The molecular weight excluding hydrogens is 182 g/mol. The lowest BCUT2D eigenvalue weighted by molar-refractivity contribution is 0.864. The summed E-state index contributed by atoms with van der Waals surface area (Å²) in [5.74, 6) is 0. The standard InChI is InChI=1S/C14H20N/c1-5-12(4)13-10-8-9-11-14(13)15(6-2)7-3/h4,8-11H,5-7H2,1-3H3. The number of hydrogen-bond acceptors (Lipinski definition) is 1. The number of anilines is 1. The Morgan fingerprint density at radius 2 is 1.73 bits per heavy atom. The van der Waals surface area contributed by atoms with Crippen LogP contribution < -0.4 is 4.90 Å². The molecule has 0 spiro atoms. The van der Waals surface area contributed by atoms with E-state index >= 15 is 0 Å². The van der Waals surface area contributed by atoms with Crippen molar-refractivity contribution < 1.29 is 0 Å². The molecule has 1 nitrogen and oxygen atoms in total. The van der Waals surface area contributed by atoms with E-state index < -0.39 is 0 Å². The minimum Gasteiger partial charge on any atom is -0.372 e. The molecule has 1 heteroatoms. The van der Waals surface area contributed by atoms with Crippen LogP contribution in [0.1, 0.15) is 32.8 Å². The van der Waals surface area contributed by atoms with Crippen LogP contribution in [0.25, 0.3) is 5.57 Å². The fourth-order valence-corrected chi connectivity index (χ4v) is 1.78. The van der Waals surface area contributed by atoms with Crippen molar-refractivity contribution in [1.82, 2.24) is 0 Å². The number of allylic oxidation sites excluding steroid dienone is 1. The zero-order valence-corrected chi connectivity index (χ0v) is 9.96. The predicted molar refractivity (Wildman–Crippen MR) is 68.0 cm³/mol. The number of nitrogens with zero attached hydrogens (tertiary/aromatic N) is 1. The number of para-hydroxylation sites is 1. The fourth-order valence-electron chi connectivity index (χ4n) is 1.78. The van der Waals surface area contributed by atoms with E-state index in [1.165, 1.54) is 11.3 Å². The van der Waals surface area contributed by atoms with Crippen LogP contribution in [0.3, 0.4) is 0 Å². The molecule has 0 atom stereocenters. The Balaban J connectivity index is 3.10. The summed E-state index contributed by atoms with van der Waals surface area (Å²) in [5.41, 5.74) is 3.41. The maximum atomic E-state index is 6.03. The van der Waals surface area contributed by atoms with E-state index in [-0.39, 0.29) is 0 Å². The van der Waals surface area contributed by atoms with Gasteiger partial charge >= 0.3 is 0 Å². The molecule has 1 radical (unpaired) electrons. The van der Waals surface area contributed by atoms with Gasteiger partial charge in [0.2, 0.25) is 0 Å². The first-order valence-electron chi connectivity index (χ1n) is 5.70. The number of rotatable bonds is 5. The predicted octanol–water partition coefficient (Wildman–Crippen LogP) is 3.76. The summed E-state index contributed by atoms with van der Waals surface area (Å²) >= 11 is 0. The largest absolute Gasteiger partial charge is 0.372 e. The quantitative estimate of drug-likeness (QED) is 0.702. The average molecular weight is 202 g/mol. The van der Waals surface area contributed by atoms with Crippen LogP contribution in [0.4, 0.5) is 5.69 Å². The molecule has 81 valence electrons. The van der Waals surface area contributed by atoms with Gasteiger partial charge in [-0.3, -0.25) is 0 Å². The lowest BCUT2D eigenvalue weighted by Crippen LogP contribution is -2.22. The molecule has 1 aromatic rings. The minimum atomic E-state index is 0.901. The maximum absolute atomic E-state index is 6.03. The Hall–Kier alpha value is -1.24. The van der Waals surface area contributed by atoms with Gasteiger partial charge < -0.3 is 4.90 Å². The lowest BCUT2D eigenvalue weighted by atomic mass is 10.0. The first-order valence-corrected chi connectivity index (χ1v) is 5.70. The van der Waals surface area contributed by atoms with Gasteiger partial charge in [0.15, 0.2) is 0 Å². The van der Waals surface area contributed by atoms with Gasteiger partial charge in [0.25, 0.3) is 0 Å². The van der Waals surface area contributed by atoms with Crippen molar-refractivity contribution in [2.24, 2.45) is 0 Å². The molecule has 0 unspecified atom stereocenters. The van der Waals surface area contributed by atoms with Crippen LogP contribution in [0.15, 0.2) is 24.3 Å². The van der Waals surface area contributed by atoms with E-state index in [4.69, 9.17) is 6.58 Å². The van der Waals surface area contributed by atoms with Crippen LogP contribution in [0, 0.1) is 6.58 Å². The molecular formula is C14H20N. The smallest absolute Gasteiger partial charge is 0.0442 e. The van der Waals surface area contributed by atoms with Gasteiger partial charge in [0.05, 0.1) is 0 Å². The van der Waals surface area contributed by atoms with Gasteiger partial charge in [-0.1, -0.05) is 31.7 Å². The summed E-state index contributed by atoms with van der Waals surface area (Å²) in [5, 5.41) is 0. The highest BCUT2D eigenvalue weighted by atomic mass is 15.1. The van der Waals surface area contributed by atoms with Crippen LogP contribution in [-0.2, 0) is 0 Å². The van der Waals surface area contributed by atoms with Gasteiger partial charge in [-0.25, -0.2) is 0 Å². The molecule has 0 aliphatic carbocycles. The van der Waals surface area contributed by atoms with E-state index in [2.05, 4.69) is 43.9 Å². The third kappa shape index (κ3) is 2.62. The van der Waals surface area contributed by atoms with Crippen molar-refractivity contribution in [3.05, 3.63) is 36.4 Å². The third-order valence-corrected chi connectivity index (χ3v) is 2.74. The van der Waals surface area contributed by atoms with Gasteiger partial charge in [-0.15, -0.1) is 0 Å². The second-order valence-corrected chi connectivity index (χ2v) is 3.57. The minimum absolute atomic E-state index is 0.901. The van der Waals surface area contributed by atoms with Crippen molar-refractivity contribution >= 4 is 11.3 Å². The summed E-state index contributed by atoms with van der Waals surface area (Å²) in [6.07, 6.45) is 0.901. The molecule has 0 aliphatic heterocycles. The molecule has 0 aromatic heterocycles. The summed E-state index contributed by atoms with van der Waals surface area (Å²) < 4.78 is 0. The van der Waals surface area contributed by atoms with Gasteiger partial charge in [-0.2, -0.15) is 0 Å². The Bertz CT molecular complexity index is 324. The summed E-state index contributed by atoms with van der Waals surface area (Å²) in [6.45, 7) is 14.5. The topological polar surface area (TPSA) is 3.24 Å². The highest BCUT2D eigenvalue weighted by Gasteiger charge is 2.08. The van der Waals surface area contributed by atoms with E-state index in [0.717, 1.165) is 25.1 Å². The average Bonchev–Trinajstić information content (AvgIpc) is 2.30. The van der Waals surface area contributed by atoms with Gasteiger partial charge in [0, 0.05) is 24.3 Å². The third-order valence-electron chi connectivity index (χ3n) is 2.74. The van der Waals surface area contributed by atoms with Gasteiger partial charge in [-0.05, 0) is 31.9 Å². The molecule has 1 rings (SSSR count). The van der Waals surface area contributed by atoms with Crippen molar-refractivity contribution in [3.8, 4) is 0 Å². The summed E-state index contributed by atoms with van der Waals surface area (Å²) in [4.78, 5) is 2.33. The van der Waals surface area contributed by atoms with Crippen LogP contribution in [0.2, 0.25) is 0 Å². The van der Waals surface area contributed by atoms with Crippen molar-refractivity contribution in [2.75, 3.05) is 18.0 Å². The zero-order chi connectivity index (χ0) is 11.3. The first kappa shape index (κ1) is 11.8. The first-order chi connectivity index (χ1) is 7.24. The normalized spacial score (nSPS) is 10.1. The fraction of sp³-hybridized carbons (Fsp3) is 0.429. The molecule has 1 aromatic carbocycles. The number of benzene rings is 1. The zero-order valence-electron chi connectivity index (χ0n) is 9.96. The molecule has 0 fully saturated rings. The molecule has 0 saturated heterocycles. The maximum Gasteiger partial charge on any atom is 0.0442 e. The Kier molecular flexibility index (Phi) is 4.41. The molecule has 0 saturated carbocycles. The molecule has 0 heterocycles. The molecule has 0 amide bonds. The summed E-state index contributed by atoms with van der Waals surface area (Å²) in [7, 11) is 0. The van der Waals surface area contributed by atoms with E-state index in [1.54, 1.807) is 0 Å². The highest BCUT2D eigenvalue weighted by molar-refractivity contribution is 5.74. The molecule has 15 heavy (non-hydrogen) atoms.